The number of hydrogen-bond acceptors (Lipinski definition) is 1. The second-order valence-electron chi connectivity index (χ2n) is 6.70. The lowest BCUT2D eigenvalue weighted by molar-refractivity contribution is 0.350. The van der Waals surface area contributed by atoms with Crippen LogP contribution in [0, 0.1) is 0 Å². The van der Waals surface area contributed by atoms with Gasteiger partial charge in [0.15, 0.2) is 0 Å². The summed E-state index contributed by atoms with van der Waals surface area (Å²) in [7, 11) is 2.24. The molecule has 2 heterocycles. The van der Waals surface area contributed by atoms with Crippen molar-refractivity contribution in [3.8, 4) is 0 Å². The van der Waals surface area contributed by atoms with Crippen LogP contribution in [0.2, 0.25) is 0 Å². The summed E-state index contributed by atoms with van der Waals surface area (Å²) in [6.45, 7) is 4.63. The van der Waals surface area contributed by atoms with E-state index in [0.717, 1.165) is 25.9 Å². The molecule has 1 atom stereocenters. The molecule has 1 aromatic heterocycles. The van der Waals surface area contributed by atoms with Crippen molar-refractivity contribution in [2.24, 2.45) is 0 Å². The lowest BCUT2D eigenvalue weighted by atomic mass is 10.1. The number of hydrogen-bond donors (Lipinski definition) is 0. The Labute approximate surface area is 138 Å². The molecular weight excluding hydrogens is 280 g/mol. The van der Waals surface area contributed by atoms with Crippen LogP contribution in [0.1, 0.15) is 29.8 Å². The fourth-order valence-electron chi connectivity index (χ4n) is 3.97. The largest absolute Gasteiger partial charge is 0.337 e. The van der Waals surface area contributed by atoms with Gasteiger partial charge >= 0.3 is 0 Å². The number of fused-ring (bicyclic) bond motifs is 3. The van der Waals surface area contributed by atoms with E-state index in [1.807, 2.05) is 0 Å². The first kappa shape index (κ1) is 14.5. The predicted molar refractivity (Wildman–Crippen MR) is 97.1 cm³/mol. The normalized spacial score (nSPS) is 17.0. The molecule has 0 aliphatic carbocycles. The number of para-hydroxylation sites is 1. The first-order chi connectivity index (χ1) is 11.3. The molecule has 0 N–H and O–H groups in total. The van der Waals surface area contributed by atoms with E-state index in [9.17, 15) is 0 Å². The van der Waals surface area contributed by atoms with Gasteiger partial charge in [-0.05, 0) is 37.6 Å². The van der Waals surface area contributed by atoms with E-state index in [1.165, 1.54) is 22.2 Å². The first-order valence-corrected chi connectivity index (χ1v) is 8.60. The summed E-state index contributed by atoms with van der Waals surface area (Å²) >= 11 is 0. The second-order valence-corrected chi connectivity index (χ2v) is 6.70. The Balaban J connectivity index is 1.92. The van der Waals surface area contributed by atoms with Crippen molar-refractivity contribution in [3.05, 3.63) is 71.4 Å². The number of rotatable bonds is 2. The zero-order valence-electron chi connectivity index (χ0n) is 14.0. The third-order valence-corrected chi connectivity index (χ3v) is 5.27. The van der Waals surface area contributed by atoms with Crippen LogP contribution in [0.3, 0.4) is 0 Å². The molecular formula is C21H24N2. The van der Waals surface area contributed by atoms with Crippen molar-refractivity contribution in [1.29, 1.82) is 0 Å². The van der Waals surface area contributed by atoms with Crippen LogP contribution in [0.15, 0.2) is 54.6 Å². The quantitative estimate of drug-likeness (QED) is 0.686. The summed E-state index contributed by atoms with van der Waals surface area (Å²) in [5, 5.41) is 1.44. The molecule has 0 amide bonds. The van der Waals surface area contributed by atoms with Gasteiger partial charge in [-0.2, -0.15) is 0 Å². The minimum absolute atomic E-state index is 0.369. The number of aromatic nitrogens is 1. The smallest absolute Gasteiger partial charge is 0.0560 e. The number of benzene rings is 2. The number of likely N-dealkylation sites (N-methyl/N-ethyl adjacent to an activating group) is 1. The van der Waals surface area contributed by atoms with E-state index in [4.69, 9.17) is 0 Å². The minimum atomic E-state index is 0.369. The fraction of sp³-hybridized carbons (Fsp3) is 0.333. The van der Waals surface area contributed by atoms with Crippen molar-refractivity contribution in [1.82, 2.24) is 9.47 Å². The number of nitrogens with zero attached hydrogens (tertiary/aromatic N) is 2. The summed E-state index contributed by atoms with van der Waals surface area (Å²) in [6, 6.07) is 20.2. The van der Waals surface area contributed by atoms with E-state index < -0.39 is 0 Å². The highest BCUT2D eigenvalue weighted by molar-refractivity contribution is 5.86. The molecule has 2 nitrogen and oxygen atoms in total. The Morgan fingerprint density at radius 3 is 2.39 bits per heavy atom. The molecule has 118 valence electrons. The topological polar surface area (TPSA) is 8.17 Å². The van der Waals surface area contributed by atoms with Crippen molar-refractivity contribution >= 4 is 10.9 Å². The molecule has 0 radical (unpaired) electrons. The van der Waals surface area contributed by atoms with E-state index >= 15 is 0 Å². The van der Waals surface area contributed by atoms with Gasteiger partial charge in [0, 0.05) is 36.1 Å². The minimum Gasteiger partial charge on any atom is -0.337 e. The standard InChI is InChI=1S/C21H24N2/c1-16(17-8-4-3-5-9-17)23-20-11-7-6-10-18(20)19-12-14-22(2)15-13-21(19)23/h3-11,16H,12-15H2,1-2H3. The van der Waals surface area contributed by atoms with Gasteiger partial charge in [-0.3, -0.25) is 0 Å². The van der Waals surface area contributed by atoms with Crippen molar-refractivity contribution < 1.29 is 0 Å². The Morgan fingerprint density at radius 1 is 0.870 bits per heavy atom. The van der Waals surface area contributed by atoms with Gasteiger partial charge in [0.05, 0.1) is 6.04 Å². The summed E-state index contributed by atoms with van der Waals surface area (Å²) < 4.78 is 2.58. The SMILES string of the molecule is CC(c1ccccc1)n1c2c(c3ccccc31)CCN(C)CC2. The Bertz CT molecular complexity index is 816. The average molecular weight is 304 g/mol. The van der Waals surface area contributed by atoms with Gasteiger partial charge in [0.25, 0.3) is 0 Å². The summed E-state index contributed by atoms with van der Waals surface area (Å²) in [5.74, 6) is 0. The Kier molecular flexibility index (Phi) is 3.70. The highest BCUT2D eigenvalue weighted by Crippen LogP contribution is 2.33. The van der Waals surface area contributed by atoms with Crippen molar-refractivity contribution in [2.75, 3.05) is 20.1 Å². The third kappa shape index (κ3) is 2.47. The van der Waals surface area contributed by atoms with Crippen LogP contribution in [0.4, 0.5) is 0 Å². The van der Waals surface area contributed by atoms with Crippen LogP contribution in [0.25, 0.3) is 10.9 Å². The van der Waals surface area contributed by atoms with Gasteiger partial charge in [0.2, 0.25) is 0 Å². The molecule has 0 saturated heterocycles. The molecule has 4 rings (SSSR count). The molecule has 1 aliphatic heterocycles. The Hall–Kier alpha value is -2.06. The maximum atomic E-state index is 2.58. The van der Waals surface area contributed by atoms with E-state index in [1.54, 1.807) is 5.56 Å². The average Bonchev–Trinajstić information content (AvgIpc) is 2.79. The molecule has 2 heteroatoms. The van der Waals surface area contributed by atoms with E-state index in [2.05, 4.69) is 78.0 Å². The zero-order chi connectivity index (χ0) is 15.8. The maximum absolute atomic E-state index is 2.58. The molecule has 23 heavy (non-hydrogen) atoms. The van der Waals surface area contributed by atoms with Crippen LogP contribution in [-0.2, 0) is 12.8 Å². The monoisotopic (exact) mass is 304 g/mol. The lowest BCUT2D eigenvalue weighted by Crippen LogP contribution is -2.21. The van der Waals surface area contributed by atoms with Gasteiger partial charge < -0.3 is 9.47 Å². The van der Waals surface area contributed by atoms with Crippen LogP contribution < -0.4 is 0 Å². The van der Waals surface area contributed by atoms with Gasteiger partial charge in [-0.15, -0.1) is 0 Å². The van der Waals surface area contributed by atoms with E-state index in [-0.39, 0.29) is 0 Å². The van der Waals surface area contributed by atoms with Crippen molar-refractivity contribution in [3.63, 3.8) is 0 Å². The molecule has 0 fully saturated rings. The molecule has 0 bridgehead atoms. The molecule has 0 saturated carbocycles. The third-order valence-electron chi connectivity index (χ3n) is 5.27. The summed E-state index contributed by atoms with van der Waals surface area (Å²) in [6.07, 6.45) is 2.29. The molecule has 1 unspecified atom stereocenters. The molecule has 2 aromatic carbocycles. The van der Waals surface area contributed by atoms with Crippen LogP contribution in [-0.4, -0.2) is 29.6 Å². The second kappa shape index (κ2) is 5.86. The van der Waals surface area contributed by atoms with Gasteiger partial charge in [0.1, 0.15) is 0 Å². The van der Waals surface area contributed by atoms with Crippen LogP contribution >= 0.6 is 0 Å². The molecule has 3 aromatic rings. The van der Waals surface area contributed by atoms with E-state index in [0.29, 0.717) is 6.04 Å². The van der Waals surface area contributed by atoms with Gasteiger partial charge in [-0.1, -0.05) is 48.5 Å². The van der Waals surface area contributed by atoms with Gasteiger partial charge in [-0.25, -0.2) is 0 Å². The summed E-state index contributed by atoms with van der Waals surface area (Å²) in [5.41, 5.74) is 5.87. The Morgan fingerprint density at radius 2 is 1.57 bits per heavy atom. The maximum Gasteiger partial charge on any atom is 0.0560 e. The fourth-order valence-corrected chi connectivity index (χ4v) is 3.97. The highest BCUT2D eigenvalue weighted by Gasteiger charge is 2.23. The van der Waals surface area contributed by atoms with Crippen molar-refractivity contribution in [2.45, 2.75) is 25.8 Å². The molecule has 1 aliphatic rings. The molecule has 0 spiro atoms. The highest BCUT2D eigenvalue weighted by atomic mass is 15.1. The zero-order valence-corrected chi connectivity index (χ0v) is 14.0. The first-order valence-electron chi connectivity index (χ1n) is 8.60. The summed E-state index contributed by atoms with van der Waals surface area (Å²) in [4.78, 5) is 2.45. The lowest BCUT2D eigenvalue weighted by Gasteiger charge is -2.20. The predicted octanol–water partition coefficient (Wildman–Crippen LogP) is 4.28. The van der Waals surface area contributed by atoms with Crippen LogP contribution in [0.5, 0.6) is 0 Å².